The molecule has 12 nitrogen and oxygen atoms in total. The smallest absolute Gasteiger partial charge is 0.0518 e. The van der Waals surface area contributed by atoms with Gasteiger partial charge < -0.3 is 31.9 Å². The van der Waals surface area contributed by atoms with Gasteiger partial charge in [-0.2, -0.15) is 0 Å². The van der Waals surface area contributed by atoms with Gasteiger partial charge in [-0.05, 0) is 25.7 Å². The first kappa shape index (κ1) is 30.5. The van der Waals surface area contributed by atoms with Crippen LogP contribution in [0.3, 0.4) is 0 Å². The van der Waals surface area contributed by atoms with Crippen LogP contribution in [0, 0.1) is 0 Å². The van der Waals surface area contributed by atoms with Gasteiger partial charge in [-0.1, -0.05) is 0 Å². The Hall–Kier alpha value is -0.480. The third kappa shape index (κ3) is 12.4. The highest BCUT2D eigenvalue weighted by molar-refractivity contribution is 4.72. The molecule has 0 spiro atoms. The fourth-order valence-corrected chi connectivity index (χ4v) is 5.86. The molecule has 222 valence electrons. The number of fused-ring (bicyclic) bond motifs is 4. The van der Waals surface area contributed by atoms with Gasteiger partial charge in [0.25, 0.3) is 0 Å². The summed E-state index contributed by atoms with van der Waals surface area (Å²) in [7, 11) is 0. The third-order valence-electron chi connectivity index (χ3n) is 8.08. The molecule has 4 atom stereocenters. The molecule has 0 aromatic carbocycles. The van der Waals surface area contributed by atoms with Gasteiger partial charge in [0.1, 0.15) is 0 Å². The summed E-state index contributed by atoms with van der Waals surface area (Å²) in [5.74, 6) is 0. The molecule has 4 fully saturated rings. The van der Waals surface area contributed by atoms with Gasteiger partial charge in [-0.25, -0.2) is 0 Å². The zero-order valence-electron chi connectivity index (χ0n) is 24.1. The molecule has 4 unspecified atom stereocenters. The van der Waals surface area contributed by atoms with Crippen LogP contribution in [-0.2, 0) is 0 Å². The molecule has 4 bridgehead atoms. The molecule has 0 amide bonds. The lowest BCUT2D eigenvalue weighted by Gasteiger charge is -2.36. The van der Waals surface area contributed by atoms with Gasteiger partial charge in [0.15, 0.2) is 0 Å². The number of unbranched alkanes of at least 4 members (excludes halogenated alkanes) is 1. The van der Waals surface area contributed by atoms with Crippen LogP contribution in [0.5, 0.6) is 0 Å². The quantitative estimate of drug-likeness (QED) is 0.211. The van der Waals surface area contributed by atoms with Crippen LogP contribution < -0.4 is 31.9 Å². The fourth-order valence-electron chi connectivity index (χ4n) is 5.86. The molecule has 0 aliphatic carbocycles. The van der Waals surface area contributed by atoms with Crippen LogP contribution in [0.25, 0.3) is 0 Å². The third-order valence-corrected chi connectivity index (χ3v) is 8.08. The molecule has 0 radical (unpaired) electrons. The fraction of sp³-hybridized carbons (Fsp3) is 1.00. The molecule has 0 saturated carbocycles. The van der Waals surface area contributed by atoms with Crippen molar-refractivity contribution in [1.29, 1.82) is 0 Å². The predicted octanol–water partition coefficient (Wildman–Crippen LogP) is -2.39. The Morgan fingerprint density at radius 2 is 0.737 bits per heavy atom. The summed E-state index contributed by atoms with van der Waals surface area (Å²) < 4.78 is 0. The molecular weight excluding hydrogens is 480 g/mol. The molecule has 12 heteroatoms. The van der Waals surface area contributed by atoms with E-state index in [2.05, 4.69) is 61.3 Å². The van der Waals surface area contributed by atoms with Gasteiger partial charge in [0.05, 0.1) is 13.3 Å². The minimum absolute atomic E-state index is 0.954. The van der Waals surface area contributed by atoms with E-state index in [9.17, 15) is 0 Å². The highest BCUT2D eigenvalue weighted by Crippen LogP contribution is 2.05. The average molecular weight is 539 g/mol. The molecule has 38 heavy (non-hydrogen) atoms. The van der Waals surface area contributed by atoms with E-state index in [1.807, 2.05) is 0 Å². The molecule has 0 aromatic heterocycles. The summed E-state index contributed by atoms with van der Waals surface area (Å²) in [5, 5.41) is 22.0. The van der Waals surface area contributed by atoms with E-state index >= 15 is 0 Å². The summed E-state index contributed by atoms with van der Waals surface area (Å²) in [6.07, 6.45) is 5.01. The first-order chi connectivity index (χ1) is 18.8. The van der Waals surface area contributed by atoms with Crippen molar-refractivity contribution in [2.24, 2.45) is 0 Å². The van der Waals surface area contributed by atoms with Crippen molar-refractivity contribution in [2.75, 3.05) is 145 Å². The lowest BCUT2D eigenvalue weighted by molar-refractivity contribution is 0.0775. The summed E-state index contributed by atoms with van der Waals surface area (Å²) in [5.41, 5.74) is 0. The van der Waals surface area contributed by atoms with Crippen LogP contribution in [0.4, 0.5) is 0 Å². The number of nitrogens with zero attached hydrogens (tertiary/aromatic N) is 6. The van der Waals surface area contributed by atoms with E-state index in [1.165, 1.54) is 51.9 Å². The summed E-state index contributed by atoms with van der Waals surface area (Å²) in [4.78, 5) is 15.3. The maximum absolute atomic E-state index is 3.71. The molecule has 4 rings (SSSR count). The minimum atomic E-state index is 0.954. The molecule has 0 aromatic rings. The second-order valence-electron chi connectivity index (χ2n) is 11.5. The van der Waals surface area contributed by atoms with Crippen molar-refractivity contribution in [1.82, 2.24) is 61.3 Å². The van der Waals surface area contributed by atoms with Gasteiger partial charge in [0.2, 0.25) is 0 Å². The zero-order chi connectivity index (χ0) is 26.1. The Labute approximate surface area is 232 Å². The van der Waals surface area contributed by atoms with E-state index in [0.717, 1.165) is 119 Å². The van der Waals surface area contributed by atoms with Gasteiger partial charge >= 0.3 is 0 Å². The topological polar surface area (TPSA) is 91.6 Å². The van der Waals surface area contributed by atoms with Gasteiger partial charge in [-0.15, -0.1) is 0 Å². The molecule has 4 aliphatic heterocycles. The maximum Gasteiger partial charge on any atom is 0.0518 e. The predicted molar refractivity (Wildman–Crippen MR) is 155 cm³/mol. The van der Waals surface area contributed by atoms with E-state index in [1.54, 1.807) is 0 Å². The summed E-state index contributed by atoms with van der Waals surface area (Å²) >= 11 is 0. The number of hydrogen-bond donors (Lipinski definition) is 6. The monoisotopic (exact) mass is 538 g/mol. The zero-order valence-corrected chi connectivity index (χ0v) is 24.1. The van der Waals surface area contributed by atoms with E-state index in [4.69, 9.17) is 0 Å². The van der Waals surface area contributed by atoms with Crippen molar-refractivity contribution >= 4 is 0 Å². The van der Waals surface area contributed by atoms with Crippen molar-refractivity contribution < 1.29 is 0 Å². The van der Waals surface area contributed by atoms with Crippen molar-refractivity contribution in [3.8, 4) is 0 Å². The van der Waals surface area contributed by atoms with E-state index < -0.39 is 0 Å². The second kappa shape index (κ2) is 18.8. The number of rotatable bonds is 5. The average Bonchev–Trinajstić information content (AvgIpc) is 2.93. The Kier molecular flexibility index (Phi) is 15.1. The Morgan fingerprint density at radius 1 is 0.368 bits per heavy atom. The largest absolute Gasteiger partial charge is 0.303 e. The first-order valence-electron chi connectivity index (χ1n) is 15.4. The standard InChI is InChI=1S/C26H58N12/c1(11-35-19-27-5-7-29-23-37-15-3-13-33(25-37)17-9-31-21-35)2-12-36-20-28-6-8-30-24-38-16-4-14-34(26-38)18-10-32-22-36/h27-32H,1-26H2. The van der Waals surface area contributed by atoms with E-state index in [-0.39, 0.29) is 0 Å². The number of nitrogens with one attached hydrogen (secondary N) is 6. The van der Waals surface area contributed by atoms with Crippen LogP contribution in [0.1, 0.15) is 25.7 Å². The second-order valence-corrected chi connectivity index (χ2v) is 11.5. The van der Waals surface area contributed by atoms with Crippen LogP contribution in [0.2, 0.25) is 0 Å². The van der Waals surface area contributed by atoms with Gasteiger partial charge in [-0.3, -0.25) is 29.4 Å². The van der Waals surface area contributed by atoms with Gasteiger partial charge in [0, 0.05) is 132 Å². The summed E-state index contributed by atoms with van der Waals surface area (Å²) in [6, 6.07) is 0. The highest BCUT2D eigenvalue weighted by Gasteiger charge is 2.18. The minimum Gasteiger partial charge on any atom is -0.303 e. The SMILES string of the molecule is C(CCN1CNCCNCN2CCCN(CCNC1)C2)CN1CNCCNCN2CCCN(CCNC1)C2. The molecule has 4 saturated heterocycles. The summed E-state index contributed by atoms with van der Waals surface area (Å²) in [6.45, 7) is 23.7. The Bertz CT molecular complexity index is 549. The number of hydrogen-bond acceptors (Lipinski definition) is 12. The highest BCUT2D eigenvalue weighted by atomic mass is 15.4. The molecule has 4 heterocycles. The molecular formula is C26H58N12. The van der Waals surface area contributed by atoms with Crippen molar-refractivity contribution in [2.45, 2.75) is 25.7 Å². The lowest BCUT2D eigenvalue weighted by atomic mass is 10.3. The Balaban J connectivity index is 1.13. The maximum atomic E-state index is 3.71. The van der Waals surface area contributed by atoms with Crippen molar-refractivity contribution in [3.63, 3.8) is 0 Å². The molecule has 6 N–H and O–H groups in total. The van der Waals surface area contributed by atoms with Crippen molar-refractivity contribution in [3.05, 3.63) is 0 Å². The van der Waals surface area contributed by atoms with Crippen LogP contribution >= 0.6 is 0 Å². The van der Waals surface area contributed by atoms with Crippen LogP contribution in [-0.4, -0.2) is 174 Å². The normalized spacial score (nSPS) is 33.2. The Morgan fingerprint density at radius 3 is 1.18 bits per heavy atom. The first-order valence-corrected chi connectivity index (χ1v) is 15.4. The lowest BCUT2D eigenvalue weighted by Crippen LogP contribution is -2.52. The van der Waals surface area contributed by atoms with E-state index in [0.29, 0.717) is 0 Å². The van der Waals surface area contributed by atoms with Crippen LogP contribution in [0.15, 0.2) is 0 Å². The molecule has 4 aliphatic rings.